The Balaban J connectivity index is 2.48. The second kappa shape index (κ2) is 4.07. The summed E-state index contributed by atoms with van der Waals surface area (Å²) in [5.41, 5.74) is 11.5. The number of hydrogen-bond donors (Lipinski definition) is 2. The van der Waals surface area contributed by atoms with Crippen LogP contribution in [0.15, 0.2) is 0 Å². The molecule has 1 fully saturated rings. The third-order valence-corrected chi connectivity index (χ3v) is 2.54. The summed E-state index contributed by atoms with van der Waals surface area (Å²) >= 11 is 0. The Bertz CT molecular complexity index is 193. The van der Waals surface area contributed by atoms with Crippen LogP contribution in [0.1, 0.15) is 20.3 Å². The number of carbonyl (C=O) groups excluding carboxylic acids is 1. The third kappa shape index (κ3) is 2.42. The van der Waals surface area contributed by atoms with Gasteiger partial charge in [0, 0.05) is 19.1 Å². The van der Waals surface area contributed by atoms with Crippen LogP contribution in [0.3, 0.4) is 0 Å². The molecule has 0 aromatic carbocycles. The van der Waals surface area contributed by atoms with Crippen molar-refractivity contribution in [2.45, 2.75) is 32.4 Å². The largest absolute Gasteiger partial charge is 0.340 e. The topological polar surface area (TPSA) is 72.4 Å². The number of nitrogens with zero attached hydrogens (tertiary/aromatic N) is 1. The van der Waals surface area contributed by atoms with E-state index in [0.29, 0.717) is 6.54 Å². The summed E-state index contributed by atoms with van der Waals surface area (Å²) in [6, 6.07) is -0.228. The highest BCUT2D eigenvalue weighted by Gasteiger charge is 2.28. The highest BCUT2D eigenvalue weighted by atomic mass is 16.2. The monoisotopic (exact) mass is 185 g/mol. The molecule has 4 N–H and O–H groups in total. The molecule has 1 heterocycles. The Morgan fingerprint density at radius 1 is 1.54 bits per heavy atom. The molecule has 0 aromatic rings. The predicted octanol–water partition coefficient (Wildman–Crippen LogP) is -0.471. The molecule has 0 saturated carbocycles. The fourth-order valence-electron chi connectivity index (χ4n) is 1.48. The summed E-state index contributed by atoms with van der Waals surface area (Å²) in [4.78, 5) is 13.5. The molecule has 0 spiro atoms. The number of amides is 1. The summed E-state index contributed by atoms with van der Waals surface area (Å²) < 4.78 is 0. The maximum atomic E-state index is 11.7. The van der Waals surface area contributed by atoms with E-state index in [4.69, 9.17) is 11.5 Å². The van der Waals surface area contributed by atoms with E-state index < -0.39 is 0 Å². The molecule has 1 saturated heterocycles. The van der Waals surface area contributed by atoms with Gasteiger partial charge in [-0.05, 0) is 12.3 Å². The smallest absolute Gasteiger partial charge is 0.239 e. The van der Waals surface area contributed by atoms with Gasteiger partial charge in [0.15, 0.2) is 0 Å². The molecule has 0 aromatic heterocycles. The average molecular weight is 185 g/mol. The van der Waals surface area contributed by atoms with Crippen LogP contribution < -0.4 is 11.5 Å². The Morgan fingerprint density at radius 2 is 2.15 bits per heavy atom. The molecule has 4 heteroatoms. The van der Waals surface area contributed by atoms with Crippen molar-refractivity contribution in [3.05, 3.63) is 0 Å². The SMILES string of the molecule is CC(C)C(N)C(=O)N1CC[C@@H](N)C1. The molecule has 1 aliphatic heterocycles. The Hall–Kier alpha value is -0.610. The van der Waals surface area contributed by atoms with E-state index in [1.54, 1.807) is 4.90 Å². The van der Waals surface area contributed by atoms with Crippen molar-refractivity contribution in [3.8, 4) is 0 Å². The van der Waals surface area contributed by atoms with Gasteiger partial charge >= 0.3 is 0 Å². The number of nitrogens with two attached hydrogens (primary N) is 2. The van der Waals surface area contributed by atoms with Crippen LogP contribution in [0.4, 0.5) is 0 Å². The van der Waals surface area contributed by atoms with E-state index in [0.717, 1.165) is 13.0 Å². The van der Waals surface area contributed by atoms with Gasteiger partial charge in [0.2, 0.25) is 5.91 Å². The van der Waals surface area contributed by atoms with Crippen LogP contribution in [0.2, 0.25) is 0 Å². The lowest BCUT2D eigenvalue weighted by atomic mass is 10.0. The lowest BCUT2D eigenvalue weighted by Gasteiger charge is -2.22. The van der Waals surface area contributed by atoms with Gasteiger partial charge in [0.1, 0.15) is 0 Å². The third-order valence-electron chi connectivity index (χ3n) is 2.54. The van der Waals surface area contributed by atoms with Crippen molar-refractivity contribution < 1.29 is 4.79 Å². The van der Waals surface area contributed by atoms with Crippen LogP contribution in [0.5, 0.6) is 0 Å². The Kier molecular flexibility index (Phi) is 3.27. The Labute approximate surface area is 79.3 Å². The minimum absolute atomic E-state index is 0.0444. The normalized spacial score (nSPS) is 25.3. The molecule has 1 rings (SSSR count). The second-order valence-corrected chi connectivity index (χ2v) is 4.10. The summed E-state index contributed by atoms with van der Waals surface area (Å²) in [7, 11) is 0. The molecule has 0 radical (unpaired) electrons. The first-order valence-electron chi connectivity index (χ1n) is 4.82. The van der Waals surface area contributed by atoms with Gasteiger partial charge in [0.25, 0.3) is 0 Å². The summed E-state index contributed by atoms with van der Waals surface area (Å²) in [5, 5.41) is 0. The zero-order valence-corrected chi connectivity index (χ0v) is 8.36. The van der Waals surface area contributed by atoms with Crippen LogP contribution >= 0.6 is 0 Å². The van der Waals surface area contributed by atoms with E-state index >= 15 is 0 Å². The van der Waals surface area contributed by atoms with Crippen molar-refractivity contribution in [3.63, 3.8) is 0 Å². The van der Waals surface area contributed by atoms with Gasteiger partial charge in [-0.3, -0.25) is 4.79 Å². The molecule has 0 aliphatic carbocycles. The lowest BCUT2D eigenvalue weighted by Crippen LogP contribution is -2.46. The van der Waals surface area contributed by atoms with E-state index in [2.05, 4.69) is 0 Å². The van der Waals surface area contributed by atoms with Crippen molar-refractivity contribution in [1.82, 2.24) is 4.90 Å². The van der Waals surface area contributed by atoms with E-state index in [-0.39, 0.29) is 23.9 Å². The summed E-state index contributed by atoms with van der Waals surface area (Å²) in [6.07, 6.45) is 0.899. The molecular formula is C9H19N3O. The van der Waals surface area contributed by atoms with Crippen LogP contribution in [0, 0.1) is 5.92 Å². The van der Waals surface area contributed by atoms with Crippen molar-refractivity contribution in [2.24, 2.45) is 17.4 Å². The molecule has 1 unspecified atom stereocenters. The number of hydrogen-bond acceptors (Lipinski definition) is 3. The fraction of sp³-hybridized carbons (Fsp3) is 0.889. The first kappa shape index (κ1) is 10.5. The average Bonchev–Trinajstić information content (AvgIpc) is 2.49. The van der Waals surface area contributed by atoms with Gasteiger partial charge in [-0.15, -0.1) is 0 Å². The quantitative estimate of drug-likeness (QED) is 0.611. The molecule has 13 heavy (non-hydrogen) atoms. The Morgan fingerprint density at radius 3 is 2.54 bits per heavy atom. The first-order valence-corrected chi connectivity index (χ1v) is 4.82. The molecule has 1 amide bonds. The molecule has 4 nitrogen and oxygen atoms in total. The zero-order valence-electron chi connectivity index (χ0n) is 8.36. The molecular weight excluding hydrogens is 166 g/mol. The van der Waals surface area contributed by atoms with Crippen molar-refractivity contribution in [1.29, 1.82) is 0 Å². The van der Waals surface area contributed by atoms with Gasteiger partial charge < -0.3 is 16.4 Å². The van der Waals surface area contributed by atoms with Gasteiger partial charge in [-0.1, -0.05) is 13.8 Å². The number of likely N-dealkylation sites (tertiary alicyclic amines) is 1. The maximum absolute atomic E-state index is 11.7. The van der Waals surface area contributed by atoms with Crippen LogP contribution in [0.25, 0.3) is 0 Å². The maximum Gasteiger partial charge on any atom is 0.239 e. The number of rotatable bonds is 2. The van der Waals surface area contributed by atoms with Gasteiger partial charge in [-0.2, -0.15) is 0 Å². The molecule has 1 aliphatic rings. The van der Waals surface area contributed by atoms with Crippen LogP contribution in [-0.2, 0) is 4.79 Å². The number of carbonyl (C=O) groups is 1. The van der Waals surface area contributed by atoms with E-state index in [1.807, 2.05) is 13.8 Å². The lowest BCUT2D eigenvalue weighted by molar-refractivity contribution is -0.132. The summed E-state index contributed by atoms with van der Waals surface area (Å²) in [5.74, 6) is 0.243. The minimum atomic E-state index is -0.370. The minimum Gasteiger partial charge on any atom is -0.340 e. The second-order valence-electron chi connectivity index (χ2n) is 4.10. The van der Waals surface area contributed by atoms with Crippen molar-refractivity contribution >= 4 is 5.91 Å². The molecule has 0 bridgehead atoms. The van der Waals surface area contributed by atoms with E-state index in [9.17, 15) is 4.79 Å². The standard InChI is InChI=1S/C9H19N3O/c1-6(2)8(11)9(13)12-4-3-7(10)5-12/h6-8H,3-5,10-11H2,1-2H3/t7-,8?/m1/s1. The highest BCUT2D eigenvalue weighted by molar-refractivity contribution is 5.82. The highest BCUT2D eigenvalue weighted by Crippen LogP contribution is 2.10. The van der Waals surface area contributed by atoms with Crippen LogP contribution in [-0.4, -0.2) is 36.0 Å². The van der Waals surface area contributed by atoms with Gasteiger partial charge in [0.05, 0.1) is 6.04 Å². The van der Waals surface area contributed by atoms with E-state index in [1.165, 1.54) is 0 Å². The van der Waals surface area contributed by atoms with Crippen molar-refractivity contribution in [2.75, 3.05) is 13.1 Å². The zero-order chi connectivity index (χ0) is 10.0. The predicted molar refractivity (Wildman–Crippen MR) is 52.0 cm³/mol. The molecule has 2 atom stereocenters. The fourth-order valence-corrected chi connectivity index (χ4v) is 1.48. The molecule has 76 valence electrons. The summed E-state index contributed by atoms with van der Waals surface area (Å²) in [6.45, 7) is 5.34. The van der Waals surface area contributed by atoms with Gasteiger partial charge in [-0.25, -0.2) is 0 Å². The first-order chi connectivity index (χ1) is 6.02.